The van der Waals surface area contributed by atoms with E-state index in [-0.39, 0.29) is 0 Å². The summed E-state index contributed by atoms with van der Waals surface area (Å²) in [6.07, 6.45) is -5.91. The van der Waals surface area contributed by atoms with Crippen molar-refractivity contribution in [3.63, 3.8) is 0 Å². The molecule has 0 atom stereocenters. The molecule has 0 fully saturated rings. The third-order valence-corrected chi connectivity index (χ3v) is 1.31. The van der Waals surface area contributed by atoms with Crippen LogP contribution in [0.15, 0.2) is 0 Å². The molecule has 0 heterocycles. The van der Waals surface area contributed by atoms with E-state index in [0.29, 0.717) is 0 Å². The highest BCUT2D eigenvalue weighted by molar-refractivity contribution is 8.45. The van der Waals surface area contributed by atoms with Crippen molar-refractivity contribution in [1.29, 1.82) is 0 Å². The first-order chi connectivity index (χ1) is 4.18. The summed E-state index contributed by atoms with van der Waals surface area (Å²) in [5.74, 6) is -3.99. The van der Waals surface area contributed by atoms with Crippen LogP contribution >= 0.6 is 10.2 Å². The largest absolute Gasteiger partial charge is 0.406 e. The Morgan fingerprint density at radius 1 is 0.818 bits per heavy atom. The molecular weight excluding hydrogens is 208 g/mol. The van der Waals surface area contributed by atoms with Crippen molar-refractivity contribution in [2.45, 2.75) is 6.18 Å². The Labute approximate surface area is 55.9 Å². The van der Waals surface area contributed by atoms with E-state index in [4.69, 9.17) is 0 Å². The standard InChI is InChI=1S/C2H2F8S/c3-2(4,5)1-11(6,7,8,9)10/h1H2. The lowest BCUT2D eigenvalue weighted by Crippen LogP contribution is -2.25. The van der Waals surface area contributed by atoms with Gasteiger partial charge in [-0.2, -0.15) is 13.2 Å². The minimum absolute atomic E-state index is 3.99. The molecule has 0 aliphatic rings. The molecular formula is C2H2F8S. The summed E-state index contributed by atoms with van der Waals surface area (Å²) in [5, 5.41) is 0. The minimum Gasteiger partial charge on any atom is -0.170 e. The molecule has 0 aliphatic carbocycles. The number of halogens is 8. The first-order valence-electron chi connectivity index (χ1n) is 1.98. The fourth-order valence-electron chi connectivity index (χ4n) is 0.309. The summed E-state index contributed by atoms with van der Waals surface area (Å²) < 4.78 is 87.6. The van der Waals surface area contributed by atoms with Crippen LogP contribution in [-0.4, -0.2) is 11.9 Å². The van der Waals surface area contributed by atoms with Crippen molar-refractivity contribution in [3.8, 4) is 0 Å². The third kappa shape index (κ3) is 9.79. The summed E-state index contributed by atoms with van der Waals surface area (Å²) in [6, 6.07) is 0. The molecule has 0 N–H and O–H groups in total. The maximum absolute atomic E-state index is 11.0. The van der Waals surface area contributed by atoms with Crippen molar-refractivity contribution in [2.75, 3.05) is 5.75 Å². The number of rotatable bonds is 1. The highest BCUT2D eigenvalue weighted by Gasteiger charge is 2.69. The van der Waals surface area contributed by atoms with Gasteiger partial charge in [-0.1, -0.05) is 19.4 Å². The Morgan fingerprint density at radius 2 is 1.09 bits per heavy atom. The molecule has 0 saturated carbocycles. The molecule has 0 aromatic heterocycles. The SMILES string of the molecule is FC(F)(F)CS(F)(F)(F)(F)F. The zero-order valence-electron chi connectivity index (χ0n) is 4.64. The van der Waals surface area contributed by atoms with E-state index in [1.54, 1.807) is 0 Å². The minimum atomic E-state index is -10.3. The molecule has 0 aliphatic heterocycles. The van der Waals surface area contributed by atoms with E-state index in [2.05, 4.69) is 0 Å². The average Bonchev–Trinajstić information content (AvgIpc) is 1.05. The lowest BCUT2D eigenvalue weighted by atomic mass is 10.8. The van der Waals surface area contributed by atoms with Gasteiger partial charge < -0.3 is 0 Å². The lowest BCUT2D eigenvalue weighted by molar-refractivity contribution is -0.110. The van der Waals surface area contributed by atoms with Crippen molar-refractivity contribution >= 4 is 10.2 Å². The van der Waals surface area contributed by atoms with Crippen LogP contribution in [0.5, 0.6) is 0 Å². The fraction of sp³-hybridized carbons (Fsp3) is 1.00. The fourth-order valence-corrected chi connectivity index (χ4v) is 0.928. The van der Waals surface area contributed by atoms with Crippen molar-refractivity contribution < 1.29 is 32.6 Å². The zero-order chi connectivity index (χ0) is 9.62. The van der Waals surface area contributed by atoms with Gasteiger partial charge >= 0.3 is 6.18 Å². The van der Waals surface area contributed by atoms with Gasteiger partial charge in [-0.15, -0.1) is 0 Å². The van der Waals surface area contributed by atoms with Gasteiger partial charge in [0, 0.05) is 0 Å². The van der Waals surface area contributed by atoms with Gasteiger partial charge in [-0.3, -0.25) is 0 Å². The highest BCUT2D eigenvalue weighted by atomic mass is 32.5. The van der Waals surface area contributed by atoms with Crippen LogP contribution in [0, 0.1) is 0 Å². The highest BCUT2D eigenvalue weighted by Crippen LogP contribution is 2.98. The molecule has 0 bridgehead atoms. The number of hydrogen-bond donors (Lipinski definition) is 0. The van der Waals surface area contributed by atoms with E-state index < -0.39 is 22.2 Å². The molecule has 0 spiro atoms. The molecule has 0 aromatic carbocycles. The Hall–Kier alpha value is -0.210. The second-order valence-electron chi connectivity index (χ2n) is 1.89. The van der Waals surface area contributed by atoms with Crippen molar-refractivity contribution in [2.24, 2.45) is 0 Å². The van der Waals surface area contributed by atoms with Crippen molar-refractivity contribution in [1.82, 2.24) is 0 Å². The molecule has 9 heteroatoms. The Morgan fingerprint density at radius 3 is 1.09 bits per heavy atom. The summed E-state index contributed by atoms with van der Waals surface area (Å²) >= 11 is 0. The van der Waals surface area contributed by atoms with E-state index >= 15 is 0 Å². The van der Waals surface area contributed by atoms with E-state index in [1.165, 1.54) is 0 Å². The smallest absolute Gasteiger partial charge is 0.170 e. The van der Waals surface area contributed by atoms with Gasteiger partial charge in [0.05, 0.1) is 0 Å². The van der Waals surface area contributed by atoms with Crippen LogP contribution in [0.1, 0.15) is 0 Å². The Balaban J connectivity index is 4.66. The van der Waals surface area contributed by atoms with Crippen LogP contribution in [-0.2, 0) is 0 Å². The molecule has 0 rings (SSSR count). The first kappa shape index (κ1) is 10.8. The van der Waals surface area contributed by atoms with Crippen LogP contribution in [0.3, 0.4) is 0 Å². The lowest BCUT2D eigenvalue weighted by Gasteiger charge is -2.40. The molecule has 0 unspecified atom stereocenters. The van der Waals surface area contributed by atoms with E-state index in [0.717, 1.165) is 0 Å². The maximum Gasteiger partial charge on any atom is 0.406 e. The Kier molecular flexibility index (Phi) is 1.56. The summed E-state index contributed by atoms with van der Waals surface area (Å²) in [4.78, 5) is 0. The summed E-state index contributed by atoms with van der Waals surface area (Å²) in [7, 11) is -10.3. The maximum atomic E-state index is 11.0. The predicted octanol–water partition coefficient (Wildman–Crippen LogP) is 3.85. The predicted molar refractivity (Wildman–Crippen MR) is 24.1 cm³/mol. The molecule has 72 valence electrons. The zero-order valence-corrected chi connectivity index (χ0v) is 5.46. The Bertz CT molecular complexity index is 154. The summed E-state index contributed by atoms with van der Waals surface area (Å²) in [5.41, 5.74) is 0. The van der Waals surface area contributed by atoms with Gasteiger partial charge in [-0.05, 0) is 0 Å². The normalized spacial score (nSPS) is 20.7. The van der Waals surface area contributed by atoms with Gasteiger partial charge in [0.2, 0.25) is 0 Å². The van der Waals surface area contributed by atoms with Crippen molar-refractivity contribution in [3.05, 3.63) is 0 Å². The van der Waals surface area contributed by atoms with Crippen LogP contribution in [0.4, 0.5) is 32.6 Å². The van der Waals surface area contributed by atoms with E-state index in [1.807, 2.05) is 0 Å². The van der Waals surface area contributed by atoms with E-state index in [9.17, 15) is 32.6 Å². The quantitative estimate of drug-likeness (QED) is 0.576. The van der Waals surface area contributed by atoms with Gasteiger partial charge in [-0.25, -0.2) is 0 Å². The van der Waals surface area contributed by atoms with Gasteiger partial charge in [0.1, 0.15) is 0 Å². The summed E-state index contributed by atoms with van der Waals surface area (Å²) in [6.45, 7) is 0. The topological polar surface area (TPSA) is 0 Å². The average molecular weight is 210 g/mol. The van der Waals surface area contributed by atoms with Gasteiger partial charge in [0.15, 0.2) is 5.75 Å². The third-order valence-electron chi connectivity index (χ3n) is 0.436. The van der Waals surface area contributed by atoms with Crippen LogP contribution in [0.25, 0.3) is 0 Å². The molecule has 11 heavy (non-hydrogen) atoms. The van der Waals surface area contributed by atoms with Crippen LogP contribution in [0.2, 0.25) is 0 Å². The molecule has 0 saturated heterocycles. The molecule has 0 nitrogen and oxygen atoms in total. The van der Waals surface area contributed by atoms with Gasteiger partial charge in [0.25, 0.3) is 10.2 Å². The van der Waals surface area contributed by atoms with Crippen LogP contribution < -0.4 is 0 Å². The molecule has 0 aromatic rings. The monoisotopic (exact) mass is 210 g/mol. The number of hydrogen-bond acceptors (Lipinski definition) is 0. The second kappa shape index (κ2) is 1.59. The molecule has 0 amide bonds. The molecule has 0 radical (unpaired) electrons. The second-order valence-corrected chi connectivity index (χ2v) is 4.43. The number of alkyl halides is 3. The first-order valence-corrected chi connectivity index (χ1v) is 4.10.